The molecular formula is C21H21NO5S2. The molecule has 1 fully saturated rings. The molecule has 0 aliphatic carbocycles. The van der Waals surface area contributed by atoms with Crippen LogP contribution < -0.4 is 9.47 Å². The highest BCUT2D eigenvalue weighted by Gasteiger charge is 2.39. The molecule has 4 heterocycles. The van der Waals surface area contributed by atoms with Gasteiger partial charge in [0.2, 0.25) is 5.78 Å². The lowest BCUT2D eigenvalue weighted by atomic mass is 9.98. The van der Waals surface area contributed by atoms with Crippen molar-refractivity contribution in [2.75, 3.05) is 18.2 Å². The van der Waals surface area contributed by atoms with Crippen LogP contribution in [0.2, 0.25) is 0 Å². The highest BCUT2D eigenvalue weighted by atomic mass is 32.2. The summed E-state index contributed by atoms with van der Waals surface area (Å²) < 4.78 is 35.8. The van der Waals surface area contributed by atoms with Crippen LogP contribution in [0.5, 0.6) is 11.5 Å². The Kier molecular flexibility index (Phi) is 4.34. The molecule has 0 bridgehead atoms. The second-order valence-electron chi connectivity index (χ2n) is 7.86. The third-order valence-corrected chi connectivity index (χ3v) is 8.56. The monoisotopic (exact) mass is 431 g/mol. The maximum atomic E-state index is 13.0. The summed E-state index contributed by atoms with van der Waals surface area (Å²) in [6.07, 6.45) is 2.41. The number of hydrogen-bond donors (Lipinski definition) is 0. The third kappa shape index (κ3) is 3.19. The number of carbonyl (C=O) groups excluding carboxylic acids is 1. The van der Waals surface area contributed by atoms with Crippen molar-refractivity contribution in [2.24, 2.45) is 0 Å². The fraction of sp³-hybridized carbons (Fsp3) is 0.381. The van der Waals surface area contributed by atoms with Gasteiger partial charge in [-0.05, 0) is 48.9 Å². The number of benzene rings is 1. The Bertz CT molecular complexity index is 1160. The van der Waals surface area contributed by atoms with Crippen LogP contribution in [0.1, 0.15) is 38.3 Å². The molecule has 2 aromatic rings. The van der Waals surface area contributed by atoms with Gasteiger partial charge in [-0.15, -0.1) is 11.3 Å². The molecule has 0 spiro atoms. The molecule has 3 aliphatic rings. The van der Waals surface area contributed by atoms with Crippen LogP contribution >= 0.6 is 11.3 Å². The van der Waals surface area contributed by atoms with Gasteiger partial charge in [0.15, 0.2) is 15.6 Å². The van der Waals surface area contributed by atoms with Gasteiger partial charge in [0.25, 0.3) is 0 Å². The number of rotatable bonds is 2. The number of hydrogen-bond acceptors (Lipinski definition) is 7. The molecule has 1 aromatic carbocycles. The van der Waals surface area contributed by atoms with Gasteiger partial charge in [-0.1, -0.05) is 0 Å². The van der Waals surface area contributed by atoms with Gasteiger partial charge in [-0.25, -0.2) is 8.42 Å². The first kappa shape index (κ1) is 18.8. The summed E-state index contributed by atoms with van der Waals surface area (Å²) >= 11 is 1.57. The first-order chi connectivity index (χ1) is 13.8. The average Bonchev–Trinajstić information content (AvgIpc) is 3.34. The van der Waals surface area contributed by atoms with Gasteiger partial charge < -0.3 is 9.47 Å². The van der Waals surface area contributed by atoms with E-state index >= 15 is 0 Å². The van der Waals surface area contributed by atoms with Crippen LogP contribution in [-0.4, -0.2) is 43.4 Å². The largest absolute Gasteiger partial charge is 0.478 e. The molecule has 0 amide bonds. The number of Topliss-reactive ketones (excluding diaryl/α,β-unsaturated/α-hetero) is 1. The van der Waals surface area contributed by atoms with Gasteiger partial charge in [-0.3, -0.25) is 9.69 Å². The smallest absolute Gasteiger partial charge is 0.232 e. The normalized spacial score (nSPS) is 24.3. The van der Waals surface area contributed by atoms with Crippen molar-refractivity contribution in [3.63, 3.8) is 0 Å². The van der Waals surface area contributed by atoms with E-state index in [1.807, 2.05) is 36.3 Å². The van der Waals surface area contributed by atoms with E-state index in [2.05, 4.69) is 0 Å². The number of fused-ring (bicyclic) bond motifs is 3. The van der Waals surface area contributed by atoms with Crippen LogP contribution in [0.15, 0.2) is 23.3 Å². The Balaban J connectivity index is 1.50. The fourth-order valence-electron chi connectivity index (χ4n) is 4.20. The molecule has 0 radical (unpaired) electrons. The maximum Gasteiger partial charge on any atom is 0.232 e. The summed E-state index contributed by atoms with van der Waals surface area (Å²) in [5.74, 6) is 1.84. The predicted molar refractivity (Wildman–Crippen MR) is 111 cm³/mol. The van der Waals surface area contributed by atoms with Crippen molar-refractivity contribution in [1.82, 2.24) is 4.90 Å². The number of sulfone groups is 1. The van der Waals surface area contributed by atoms with Gasteiger partial charge in [0.1, 0.15) is 18.2 Å². The van der Waals surface area contributed by atoms with Gasteiger partial charge in [-0.2, -0.15) is 0 Å². The van der Waals surface area contributed by atoms with E-state index in [1.54, 1.807) is 17.4 Å². The van der Waals surface area contributed by atoms with Crippen LogP contribution in [0.3, 0.4) is 0 Å². The summed E-state index contributed by atoms with van der Waals surface area (Å²) in [5.41, 5.74) is 3.33. The molecule has 1 saturated heterocycles. The molecule has 0 saturated carbocycles. The SMILES string of the molecule is Cc1ccsc1/C=C1\Oc2c3c(cc(C)c2C1=O)OCN(C1CCS(=O)(=O)C1)C3. The standard InChI is InChI=1S/C21H21NO5S2/c1-12-3-5-28-18(12)8-17-20(23)19-13(2)7-16-15(21(19)27-17)9-22(11-26-16)14-4-6-29(24,25)10-14/h3,5,7-8,14H,4,6,9-11H2,1-2H3/b17-8-. The van der Waals surface area contributed by atoms with Crippen molar-refractivity contribution in [3.8, 4) is 11.5 Å². The molecule has 1 unspecified atom stereocenters. The van der Waals surface area contributed by atoms with E-state index in [0.717, 1.165) is 21.6 Å². The van der Waals surface area contributed by atoms with Crippen molar-refractivity contribution in [3.05, 3.63) is 50.4 Å². The van der Waals surface area contributed by atoms with Gasteiger partial charge in [0, 0.05) is 23.5 Å². The lowest BCUT2D eigenvalue weighted by Crippen LogP contribution is -2.41. The topological polar surface area (TPSA) is 72.9 Å². The summed E-state index contributed by atoms with van der Waals surface area (Å²) in [7, 11) is -2.98. The quantitative estimate of drug-likeness (QED) is 0.680. The molecular weight excluding hydrogens is 410 g/mol. The van der Waals surface area contributed by atoms with E-state index in [0.29, 0.717) is 42.5 Å². The van der Waals surface area contributed by atoms with Crippen LogP contribution in [0.25, 0.3) is 6.08 Å². The van der Waals surface area contributed by atoms with E-state index in [9.17, 15) is 13.2 Å². The molecule has 5 rings (SSSR count). The Morgan fingerprint density at radius 1 is 1.28 bits per heavy atom. The van der Waals surface area contributed by atoms with Crippen LogP contribution in [0.4, 0.5) is 0 Å². The van der Waals surface area contributed by atoms with Gasteiger partial charge >= 0.3 is 0 Å². The summed E-state index contributed by atoms with van der Waals surface area (Å²) in [5, 5.41) is 1.99. The number of allylic oxidation sites excluding steroid dienone is 1. The van der Waals surface area contributed by atoms with Gasteiger partial charge in [0.05, 0.1) is 22.6 Å². The molecule has 1 aromatic heterocycles. The minimum absolute atomic E-state index is 0.0639. The lowest BCUT2D eigenvalue weighted by Gasteiger charge is -2.33. The number of thiophene rings is 1. The zero-order valence-electron chi connectivity index (χ0n) is 16.2. The summed E-state index contributed by atoms with van der Waals surface area (Å²) in [6, 6.07) is 3.83. The van der Waals surface area contributed by atoms with E-state index in [4.69, 9.17) is 9.47 Å². The number of aryl methyl sites for hydroxylation is 2. The maximum absolute atomic E-state index is 13.0. The zero-order chi connectivity index (χ0) is 20.3. The number of ketones is 1. The predicted octanol–water partition coefficient (Wildman–Crippen LogP) is 3.32. The summed E-state index contributed by atoms with van der Waals surface area (Å²) in [6.45, 7) is 4.75. The van der Waals surface area contributed by atoms with E-state index in [1.165, 1.54) is 0 Å². The molecule has 6 nitrogen and oxygen atoms in total. The second kappa shape index (κ2) is 6.68. The number of ether oxygens (including phenoxy) is 2. The van der Waals surface area contributed by atoms with E-state index < -0.39 is 9.84 Å². The van der Waals surface area contributed by atoms with Crippen LogP contribution in [-0.2, 0) is 16.4 Å². The minimum atomic E-state index is -2.98. The molecule has 29 heavy (non-hydrogen) atoms. The Hall–Kier alpha value is -2.16. The molecule has 8 heteroatoms. The highest BCUT2D eigenvalue weighted by Crippen LogP contribution is 2.44. The third-order valence-electron chi connectivity index (χ3n) is 5.84. The Morgan fingerprint density at radius 2 is 2.10 bits per heavy atom. The minimum Gasteiger partial charge on any atom is -0.478 e. The van der Waals surface area contributed by atoms with Crippen molar-refractivity contribution in [2.45, 2.75) is 32.9 Å². The summed E-state index contributed by atoms with van der Waals surface area (Å²) in [4.78, 5) is 16.1. The first-order valence-corrected chi connectivity index (χ1v) is 12.2. The number of carbonyl (C=O) groups is 1. The average molecular weight is 432 g/mol. The molecule has 3 aliphatic heterocycles. The Morgan fingerprint density at radius 3 is 2.79 bits per heavy atom. The highest BCUT2D eigenvalue weighted by molar-refractivity contribution is 7.91. The second-order valence-corrected chi connectivity index (χ2v) is 11.0. The fourth-order valence-corrected chi connectivity index (χ4v) is 6.81. The first-order valence-electron chi connectivity index (χ1n) is 9.54. The van der Waals surface area contributed by atoms with Crippen molar-refractivity contribution < 1.29 is 22.7 Å². The van der Waals surface area contributed by atoms with Crippen molar-refractivity contribution >= 4 is 33.0 Å². The Labute approximate surface area is 173 Å². The lowest BCUT2D eigenvalue weighted by molar-refractivity contribution is 0.0633. The zero-order valence-corrected chi connectivity index (χ0v) is 17.9. The molecule has 0 N–H and O–H groups in total. The van der Waals surface area contributed by atoms with Crippen molar-refractivity contribution in [1.29, 1.82) is 0 Å². The number of nitrogens with zero attached hydrogens (tertiary/aromatic N) is 1. The van der Waals surface area contributed by atoms with Crippen LogP contribution in [0, 0.1) is 13.8 Å². The molecule has 152 valence electrons. The van der Waals surface area contributed by atoms with E-state index in [-0.39, 0.29) is 23.3 Å². The molecule has 1 atom stereocenters.